The van der Waals surface area contributed by atoms with Crippen LogP contribution < -0.4 is 15.4 Å². The molecule has 1 aromatic rings. The van der Waals surface area contributed by atoms with E-state index in [1.54, 1.807) is 12.1 Å². The Labute approximate surface area is 96.0 Å². The third-order valence-electron chi connectivity index (χ3n) is 2.56. The second kappa shape index (κ2) is 5.16. The molecule has 0 radical (unpaired) electrons. The van der Waals surface area contributed by atoms with E-state index >= 15 is 0 Å². The monoisotopic (exact) mass is 226 g/mol. The Morgan fingerprint density at radius 3 is 2.56 bits per heavy atom. The van der Waals surface area contributed by atoms with Crippen LogP contribution in [0.1, 0.15) is 13.8 Å². The first-order valence-electron chi connectivity index (χ1n) is 5.25. The lowest BCUT2D eigenvalue weighted by Gasteiger charge is -2.24. The highest BCUT2D eigenvalue weighted by Crippen LogP contribution is 2.20. The molecule has 0 aliphatic heterocycles. The summed E-state index contributed by atoms with van der Waals surface area (Å²) in [5.41, 5.74) is 0.720. The molecule has 0 heterocycles. The number of likely N-dealkylation sites (N-methyl/N-ethyl adjacent to an activating group) is 1. The van der Waals surface area contributed by atoms with Crippen LogP contribution in [-0.2, 0) is 0 Å². The molecule has 2 N–H and O–H groups in total. The van der Waals surface area contributed by atoms with Gasteiger partial charge in [0.25, 0.3) is 0 Å². The SMILES string of the molecule is CNC(C)(C)CNc1ccc(OC)c(F)c1. The maximum Gasteiger partial charge on any atom is 0.167 e. The number of hydrogen-bond donors (Lipinski definition) is 2. The van der Waals surface area contributed by atoms with Crippen LogP contribution in [0.3, 0.4) is 0 Å². The highest BCUT2D eigenvalue weighted by molar-refractivity contribution is 5.47. The van der Waals surface area contributed by atoms with Crippen LogP contribution in [0.4, 0.5) is 10.1 Å². The molecule has 0 fully saturated rings. The Bertz CT molecular complexity index is 353. The van der Waals surface area contributed by atoms with Gasteiger partial charge in [-0.15, -0.1) is 0 Å². The quantitative estimate of drug-likeness (QED) is 0.808. The van der Waals surface area contributed by atoms with Crippen LogP contribution in [0.2, 0.25) is 0 Å². The first-order valence-corrected chi connectivity index (χ1v) is 5.25. The Balaban J connectivity index is 2.65. The van der Waals surface area contributed by atoms with Gasteiger partial charge < -0.3 is 15.4 Å². The fraction of sp³-hybridized carbons (Fsp3) is 0.500. The Morgan fingerprint density at radius 2 is 2.06 bits per heavy atom. The first-order chi connectivity index (χ1) is 7.48. The van der Waals surface area contributed by atoms with Crippen molar-refractivity contribution in [2.45, 2.75) is 19.4 Å². The largest absolute Gasteiger partial charge is 0.494 e. The fourth-order valence-corrected chi connectivity index (χ4v) is 1.19. The molecule has 1 aromatic carbocycles. The third-order valence-corrected chi connectivity index (χ3v) is 2.56. The Hall–Kier alpha value is -1.29. The normalized spacial score (nSPS) is 11.3. The van der Waals surface area contributed by atoms with E-state index in [1.807, 2.05) is 7.05 Å². The van der Waals surface area contributed by atoms with Gasteiger partial charge in [-0.3, -0.25) is 0 Å². The second-order valence-corrected chi connectivity index (χ2v) is 4.34. The lowest BCUT2D eigenvalue weighted by Crippen LogP contribution is -2.42. The first kappa shape index (κ1) is 12.8. The van der Waals surface area contributed by atoms with Crippen molar-refractivity contribution in [2.75, 3.05) is 26.0 Å². The maximum atomic E-state index is 13.4. The Kier molecular flexibility index (Phi) is 4.12. The summed E-state index contributed by atoms with van der Waals surface area (Å²) in [5.74, 6) is -0.0896. The average Bonchev–Trinajstić information content (AvgIpc) is 2.27. The van der Waals surface area contributed by atoms with Gasteiger partial charge in [0.15, 0.2) is 11.6 Å². The number of nitrogens with one attached hydrogen (secondary N) is 2. The van der Waals surface area contributed by atoms with E-state index in [4.69, 9.17) is 4.74 Å². The van der Waals surface area contributed by atoms with E-state index in [2.05, 4.69) is 24.5 Å². The van der Waals surface area contributed by atoms with Gasteiger partial charge in [0.05, 0.1) is 7.11 Å². The smallest absolute Gasteiger partial charge is 0.167 e. The summed E-state index contributed by atoms with van der Waals surface area (Å²) in [6.07, 6.45) is 0. The lowest BCUT2D eigenvalue weighted by molar-refractivity contribution is 0.386. The topological polar surface area (TPSA) is 33.3 Å². The lowest BCUT2D eigenvalue weighted by atomic mass is 10.1. The minimum absolute atomic E-state index is 0.0313. The minimum Gasteiger partial charge on any atom is -0.494 e. The number of methoxy groups -OCH3 is 1. The van der Waals surface area contributed by atoms with E-state index < -0.39 is 0 Å². The van der Waals surface area contributed by atoms with Crippen molar-refractivity contribution in [3.8, 4) is 5.75 Å². The Morgan fingerprint density at radius 1 is 1.38 bits per heavy atom. The molecule has 90 valence electrons. The van der Waals surface area contributed by atoms with Gasteiger partial charge in [-0.1, -0.05) is 0 Å². The van der Waals surface area contributed by atoms with Gasteiger partial charge in [0.1, 0.15) is 0 Å². The number of rotatable bonds is 5. The van der Waals surface area contributed by atoms with E-state index in [9.17, 15) is 4.39 Å². The standard InChI is InChI=1S/C12H19FN2O/c1-12(2,14-3)8-15-9-5-6-11(16-4)10(13)7-9/h5-7,14-15H,8H2,1-4H3. The molecule has 0 saturated heterocycles. The van der Waals surface area contributed by atoms with Crippen LogP contribution >= 0.6 is 0 Å². The van der Waals surface area contributed by atoms with Crippen molar-refractivity contribution in [3.05, 3.63) is 24.0 Å². The maximum absolute atomic E-state index is 13.4. The van der Waals surface area contributed by atoms with Crippen LogP contribution in [-0.4, -0.2) is 26.2 Å². The van der Waals surface area contributed by atoms with Crippen molar-refractivity contribution in [3.63, 3.8) is 0 Å². The van der Waals surface area contributed by atoms with Crippen molar-refractivity contribution in [1.82, 2.24) is 5.32 Å². The molecule has 0 saturated carbocycles. The van der Waals surface area contributed by atoms with Gasteiger partial charge in [-0.2, -0.15) is 0 Å². The molecular weight excluding hydrogens is 207 g/mol. The van der Waals surface area contributed by atoms with E-state index in [0.29, 0.717) is 0 Å². The van der Waals surface area contributed by atoms with E-state index in [0.717, 1.165) is 12.2 Å². The summed E-state index contributed by atoms with van der Waals surface area (Å²) in [6.45, 7) is 4.86. The summed E-state index contributed by atoms with van der Waals surface area (Å²) in [6, 6.07) is 4.85. The number of benzene rings is 1. The molecule has 0 spiro atoms. The molecule has 0 aliphatic rings. The van der Waals surface area contributed by atoms with E-state index in [-0.39, 0.29) is 17.1 Å². The molecule has 4 heteroatoms. The van der Waals surface area contributed by atoms with Crippen LogP contribution in [0.5, 0.6) is 5.75 Å². The summed E-state index contributed by atoms with van der Waals surface area (Å²) in [4.78, 5) is 0. The summed E-state index contributed by atoms with van der Waals surface area (Å²) in [7, 11) is 3.35. The van der Waals surface area contributed by atoms with Crippen molar-refractivity contribution >= 4 is 5.69 Å². The zero-order valence-electron chi connectivity index (χ0n) is 10.2. The third kappa shape index (κ3) is 3.38. The fourth-order valence-electron chi connectivity index (χ4n) is 1.19. The van der Waals surface area contributed by atoms with Gasteiger partial charge in [0, 0.05) is 23.8 Å². The highest BCUT2D eigenvalue weighted by atomic mass is 19.1. The molecular formula is C12H19FN2O. The predicted molar refractivity (Wildman–Crippen MR) is 64.6 cm³/mol. The van der Waals surface area contributed by atoms with Gasteiger partial charge in [-0.05, 0) is 33.0 Å². The molecule has 1 rings (SSSR count). The zero-order chi connectivity index (χ0) is 12.2. The van der Waals surface area contributed by atoms with Crippen molar-refractivity contribution in [2.24, 2.45) is 0 Å². The van der Waals surface area contributed by atoms with Crippen molar-refractivity contribution < 1.29 is 9.13 Å². The number of ether oxygens (including phenoxy) is 1. The van der Waals surface area contributed by atoms with Crippen LogP contribution in [0.15, 0.2) is 18.2 Å². The second-order valence-electron chi connectivity index (χ2n) is 4.34. The summed E-state index contributed by atoms with van der Waals surface area (Å²) < 4.78 is 18.2. The van der Waals surface area contributed by atoms with Gasteiger partial charge in [-0.25, -0.2) is 4.39 Å². The van der Waals surface area contributed by atoms with Crippen LogP contribution in [0, 0.1) is 5.82 Å². The van der Waals surface area contributed by atoms with Crippen molar-refractivity contribution in [1.29, 1.82) is 0 Å². The minimum atomic E-state index is -0.352. The number of anilines is 1. The molecule has 0 aromatic heterocycles. The number of halogens is 1. The molecule has 16 heavy (non-hydrogen) atoms. The van der Waals surface area contributed by atoms with E-state index in [1.165, 1.54) is 13.2 Å². The average molecular weight is 226 g/mol. The molecule has 0 aliphatic carbocycles. The zero-order valence-corrected chi connectivity index (χ0v) is 10.2. The molecule has 0 bridgehead atoms. The number of hydrogen-bond acceptors (Lipinski definition) is 3. The molecule has 3 nitrogen and oxygen atoms in total. The van der Waals surface area contributed by atoms with Gasteiger partial charge in [0.2, 0.25) is 0 Å². The highest BCUT2D eigenvalue weighted by Gasteiger charge is 2.14. The van der Waals surface area contributed by atoms with Gasteiger partial charge >= 0.3 is 0 Å². The predicted octanol–water partition coefficient (Wildman–Crippen LogP) is 2.24. The molecule has 0 unspecified atom stereocenters. The molecule has 0 amide bonds. The van der Waals surface area contributed by atoms with Crippen LogP contribution in [0.25, 0.3) is 0 Å². The summed E-state index contributed by atoms with van der Waals surface area (Å²) >= 11 is 0. The molecule has 0 atom stereocenters. The summed E-state index contributed by atoms with van der Waals surface area (Å²) in [5, 5.41) is 6.34.